The molecule has 0 radical (unpaired) electrons. The molecule has 2 aromatic rings. The maximum Gasteiger partial charge on any atom is 0.255 e. The summed E-state index contributed by atoms with van der Waals surface area (Å²) in [4.78, 5) is 15.9. The molecule has 0 aliphatic carbocycles. The zero-order chi connectivity index (χ0) is 21.8. The Bertz CT molecular complexity index is 911. The number of nitrogens with zero attached hydrogens (tertiary/aromatic N) is 2. The Hall–Kier alpha value is -2.44. The predicted octanol–water partition coefficient (Wildman–Crippen LogP) is 3.71. The van der Waals surface area contributed by atoms with Crippen molar-refractivity contribution in [2.24, 2.45) is 5.73 Å². The zero-order valence-electron chi connectivity index (χ0n) is 18.1. The molecule has 30 heavy (non-hydrogen) atoms. The molecule has 6 nitrogen and oxygen atoms in total. The second-order valence-corrected chi connectivity index (χ2v) is 8.08. The lowest BCUT2D eigenvalue weighted by Crippen LogP contribution is -2.47. The molecule has 0 spiro atoms. The molecule has 2 N–H and O–H groups in total. The number of hydrogen-bond acceptors (Lipinski definition) is 5. The Morgan fingerprint density at radius 1 is 1.10 bits per heavy atom. The van der Waals surface area contributed by atoms with Crippen molar-refractivity contribution in [2.75, 3.05) is 44.8 Å². The van der Waals surface area contributed by atoms with E-state index in [4.69, 9.17) is 26.8 Å². The van der Waals surface area contributed by atoms with Crippen LogP contribution in [0.4, 0.5) is 5.69 Å². The van der Waals surface area contributed by atoms with Crippen LogP contribution in [-0.2, 0) is 4.79 Å². The van der Waals surface area contributed by atoms with Crippen LogP contribution in [0.2, 0.25) is 5.02 Å². The summed E-state index contributed by atoms with van der Waals surface area (Å²) in [6.07, 6.45) is 0. The second kappa shape index (κ2) is 9.58. The average Bonchev–Trinajstić information content (AvgIpc) is 2.74. The first kappa shape index (κ1) is 22.2. The van der Waals surface area contributed by atoms with Gasteiger partial charge in [0.1, 0.15) is 11.5 Å². The van der Waals surface area contributed by atoms with Crippen LogP contribution in [0.15, 0.2) is 30.3 Å². The lowest BCUT2D eigenvalue weighted by atomic mass is 9.96. The molecule has 7 heteroatoms. The monoisotopic (exact) mass is 431 g/mol. The smallest absolute Gasteiger partial charge is 0.255 e. The molecular weight excluding hydrogens is 402 g/mol. The first-order chi connectivity index (χ1) is 14.3. The summed E-state index contributed by atoms with van der Waals surface area (Å²) in [5.41, 5.74) is 9.84. The van der Waals surface area contributed by atoms with Crippen molar-refractivity contribution in [1.29, 1.82) is 0 Å². The number of ether oxygens (including phenoxy) is 2. The minimum Gasteiger partial charge on any atom is -0.495 e. The number of anilines is 1. The molecular formula is C23H30ClN3O3. The van der Waals surface area contributed by atoms with Gasteiger partial charge in [0.25, 0.3) is 5.91 Å². The van der Waals surface area contributed by atoms with Gasteiger partial charge in [0, 0.05) is 44.0 Å². The van der Waals surface area contributed by atoms with Crippen LogP contribution in [0, 0.1) is 13.8 Å². The summed E-state index contributed by atoms with van der Waals surface area (Å²) < 4.78 is 10.9. The Morgan fingerprint density at radius 2 is 1.80 bits per heavy atom. The third kappa shape index (κ3) is 4.82. The van der Waals surface area contributed by atoms with Crippen LogP contribution >= 0.6 is 11.6 Å². The molecule has 1 atom stereocenters. The van der Waals surface area contributed by atoms with Crippen LogP contribution in [0.1, 0.15) is 29.7 Å². The van der Waals surface area contributed by atoms with Crippen molar-refractivity contribution < 1.29 is 14.3 Å². The van der Waals surface area contributed by atoms with Crippen LogP contribution in [0.5, 0.6) is 11.5 Å². The third-order valence-electron chi connectivity index (χ3n) is 5.96. The van der Waals surface area contributed by atoms with Gasteiger partial charge in [-0.05, 0) is 55.7 Å². The van der Waals surface area contributed by atoms with Gasteiger partial charge in [-0.3, -0.25) is 9.69 Å². The molecule has 1 heterocycles. The van der Waals surface area contributed by atoms with Gasteiger partial charge in [-0.15, -0.1) is 0 Å². The van der Waals surface area contributed by atoms with Gasteiger partial charge in [-0.2, -0.15) is 0 Å². The van der Waals surface area contributed by atoms with Crippen molar-refractivity contribution in [3.63, 3.8) is 0 Å². The first-order valence-corrected chi connectivity index (χ1v) is 10.5. The number of carbonyl (C=O) groups is 1. The Kier molecular flexibility index (Phi) is 7.10. The summed E-state index contributed by atoms with van der Waals surface area (Å²) in [5, 5.41) is 0.627. The van der Waals surface area contributed by atoms with Crippen molar-refractivity contribution in [3.05, 3.63) is 52.0 Å². The van der Waals surface area contributed by atoms with Crippen LogP contribution in [0.25, 0.3) is 0 Å². The number of primary amides is 1. The highest BCUT2D eigenvalue weighted by molar-refractivity contribution is 6.32. The molecule has 0 bridgehead atoms. The van der Waals surface area contributed by atoms with Crippen molar-refractivity contribution >= 4 is 23.2 Å². The van der Waals surface area contributed by atoms with E-state index >= 15 is 0 Å². The molecule has 1 fully saturated rings. The van der Waals surface area contributed by atoms with Crippen molar-refractivity contribution in [1.82, 2.24) is 4.90 Å². The van der Waals surface area contributed by atoms with E-state index in [9.17, 15) is 4.79 Å². The minimum absolute atomic E-state index is 0.105. The number of carbonyl (C=O) groups excluding carboxylic acids is 1. The number of rotatable bonds is 7. The molecule has 1 saturated heterocycles. The standard InChI is InChI=1S/C23H30ClN3O3/c1-15-16(2)21(30-14-23(25)28)8-6-19(15)17(3)26-9-11-27(12-10-26)18-5-7-20(24)22(13-18)29-4/h5-8,13,17H,9-12,14H2,1-4H3,(H2,25,28). The van der Waals surface area contributed by atoms with Gasteiger partial charge in [0.2, 0.25) is 0 Å². The van der Waals surface area contributed by atoms with Crippen LogP contribution in [0.3, 0.4) is 0 Å². The van der Waals surface area contributed by atoms with Gasteiger partial charge in [0.15, 0.2) is 6.61 Å². The third-order valence-corrected chi connectivity index (χ3v) is 6.27. The highest BCUT2D eigenvalue weighted by Gasteiger charge is 2.24. The highest BCUT2D eigenvalue weighted by Crippen LogP contribution is 2.33. The minimum atomic E-state index is -0.472. The maximum atomic E-state index is 11.0. The molecule has 162 valence electrons. The van der Waals surface area contributed by atoms with Crippen molar-refractivity contribution in [2.45, 2.75) is 26.8 Å². The van der Waals surface area contributed by atoms with E-state index in [1.165, 1.54) is 11.1 Å². The normalized spacial score (nSPS) is 15.7. The fourth-order valence-corrected chi connectivity index (χ4v) is 4.18. The van der Waals surface area contributed by atoms with Gasteiger partial charge in [0.05, 0.1) is 12.1 Å². The largest absolute Gasteiger partial charge is 0.495 e. The van der Waals surface area contributed by atoms with Crippen molar-refractivity contribution in [3.8, 4) is 11.5 Å². The SMILES string of the molecule is COc1cc(N2CCN(C(C)c3ccc(OCC(N)=O)c(C)c3C)CC2)ccc1Cl. The topological polar surface area (TPSA) is 68.0 Å². The van der Waals surface area contributed by atoms with E-state index < -0.39 is 5.91 Å². The highest BCUT2D eigenvalue weighted by atomic mass is 35.5. The lowest BCUT2D eigenvalue weighted by molar-refractivity contribution is -0.119. The fourth-order valence-electron chi connectivity index (χ4n) is 3.98. The molecule has 0 saturated carbocycles. The maximum absolute atomic E-state index is 11.0. The molecule has 2 aromatic carbocycles. The van der Waals surface area contributed by atoms with Crippen LogP contribution < -0.4 is 20.1 Å². The number of halogens is 1. The summed E-state index contributed by atoms with van der Waals surface area (Å²) in [7, 11) is 1.64. The number of benzene rings is 2. The van der Waals surface area contributed by atoms with Gasteiger partial charge < -0.3 is 20.1 Å². The van der Waals surface area contributed by atoms with E-state index in [0.29, 0.717) is 16.5 Å². The average molecular weight is 432 g/mol. The van der Waals surface area contributed by atoms with Gasteiger partial charge in [-0.25, -0.2) is 0 Å². The van der Waals surface area contributed by atoms with Crippen LogP contribution in [-0.4, -0.2) is 50.7 Å². The Balaban J connectivity index is 1.67. The molecule has 3 rings (SSSR count). The number of nitrogens with two attached hydrogens (primary N) is 1. The number of piperazine rings is 1. The molecule has 1 amide bonds. The fraction of sp³-hybridized carbons (Fsp3) is 0.435. The molecule has 1 aliphatic rings. The van der Waals surface area contributed by atoms with E-state index in [-0.39, 0.29) is 12.6 Å². The lowest BCUT2D eigenvalue weighted by Gasteiger charge is -2.40. The summed E-state index contributed by atoms with van der Waals surface area (Å²) in [6.45, 7) is 10.1. The van der Waals surface area contributed by atoms with E-state index in [1.54, 1.807) is 7.11 Å². The van der Waals surface area contributed by atoms with E-state index in [2.05, 4.69) is 29.7 Å². The first-order valence-electron chi connectivity index (χ1n) is 10.2. The molecule has 1 aliphatic heterocycles. The number of amides is 1. The van der Waals surface area contributed by atoms with Gasteiger partial charge in [-0.1, -0.05) is 17.7 Å². The number of hydrogen-bond donors (Lipinski definition) is 1. The van der Waals surface area contributed by atoms with Gasteiger partial charge >= 0.3 is 0 Å². The number of methoxy groups -OCH3 is 1. The predicted molar refractivity (Wildman–Crippen MR) is 121 cm³/mol. The van der Waals surface area contributed by atoms with E-state index in [0.717, 1.165) is 37.4 Å². The zero-order valence-corrected chi connectivity index (χ0v) is 18.8. The quantitative estimate of drug-likeness (QED) is 0.723. The molecule has 0 aromatic heterocycles. The summed E-state index contributed by atoms with van der Waals surface area (Å²) in [5.74, 6) is 0.944. The summed E-state index contributed by atoms with van der Waals surface area (Å²) in [6, 6.07) is 10.3. The second-order valence-electron chi connectivity index (χ2n) is 7.68. The Morgan fingerprint density at radius 3 is 2.43 bits per heavy atom. The summed E-state index contributed by atoms with van der Waals surface area (Å²) >= 11 is 6.16. The molecule has 1 unspecified atom stereocenters. The Labute approximate surface area is 183 Å². The van der Waals surface area contributed by atoms with E-state index in [1.807, 2.05) is 31.2 Å².